The molecule has 0 bridgehead atoms. The molecule has 1 saturated heterocycles. The lowest BCUT2D eigenvalue weighted by molar-refractivity contribution is 0.355. The van der Waals surface area contributed by atoms with Gasteiger partial charge in [0.1, 0.15) is 0 Å². The molecule has 1 heterocycles. The van der Waals surface area contributed by atoms with Crippen LogP contribution in [0.1, 0.15) is 52.9 Å². The average Bonchev–Trinajstić information content (AvgIpc) is 3.10. The van der Waals surface area contributed by atoms with Crippen molar-refractivity contribution < 1.29 is 8.61 Å². The predicted molar refractivity (Wildman–Crippen MR) is 102 cm³/mol. The minimum Gasteiger partial charge on any atom is -0.377 e. The highest BCUT2D eigenvalue weighted by Gasteiger charge is 2.44. The molecule has 2 fully saturated rings. The molecule has 22 heavy (non-hydrogen) atoms. The van der Waals surface area contributed by atoms with E-state index >= 15 is 0 Å². The Balaban J connectivity index is 1.73. The van der Waals surface area contributed by atoms with Crippen LogP contribution in [-0.4, -0.2) is 38.8 Å². The van der Waals surface area contributed by atoms with E-state index < -0.39 is 18.6 Å². The summed E-state index contributed by atoms with van der Waals surface area (Å²) in [5, 5.41) is 0. The highest BCUT2D eigenvalue weighted by Crippen LogP contribution is 2.48. The van der Waals surface area contributed by atoms with E-state index in [1.54, 1.807) is 0 Å². The third-order valence-electron chi connectivity index (χ3n) is 5.06. The van der Waals surface area contributed by atoms with Crippen molar-refractivity contribution >= 4 is 18.6 Å². The fraction of sp³-hybridized carbons (Fsp3) is 1.00. The van der Waals surface area contributed by atoms with E-state index in [4.69, 9.17) is 8.61 Å². The molecule has 4 heteroatoms. The Morgan fingerprint density at radius 3 is 2.41 bits per heavy atom. The highest BCUT2D eigenvalue weighted by atomic mass is 32.3. The van der Waals surface area contributed by atoms with Crippen molar-refractivity contribution in [3.63, 3.8) is 0 Å². The molecule has 1 saturated carbocycles. The van der Waals surface area contributed by atoms with E-state index in [2.05, 4.69) is 46.4 Å². The van der Waals surface area contributed by atoms with Crippen molar-refractivity contribution in [3.05, 3.63) is 0 Å². The average molecular weight is 347 g/mol. The summed E-state index contributed by atoms with van der Waals surface area (Å²) >= 11 is 0. The normalized spacial score (nSPS) is 30.0. The van der Waals surface area contributed by atoms with Gasteiger partial charge < -0.3 is 8.61 Å². The molecule has 2 aliphatic rings. The van der Waals surface area contributed by atoms with Crippen molar-refractivity contribution in [2.45, 2.75) is 84.2 Å². The first-order valence-corrected chi connectivity index (χ1v) is 14.7. The van der Waals surface area contributed by atoms with Crippen molar-refractivity contribution in [1.82, 2.24) is 0 Å². The van der Waals surface area contributed by atoms with E-state index in [0.29, 0.717) is 17.6 Å². The number of rotatable bonds is 7. The van der Waals surface area contributed by atoms with Gasteiger partial charge in [-0.15, -0.1) is 0 Å². The second-order valence-electron chi connectivity index (χ2n) is 9.73. The first-order valence-electron chi connectivity index (χ1n) is 9.03. The van der Waals surface area contributed by atoms with Gasteiger partial charge in [-0.05, 0) is 74.4 Å². The number of epoxide rings is 1. The van der Waals surface area contributed by atoms with E-state index in [-0.39, 0.29) is 0 Å². The van der Waals surface area contributed by atoms with Crippen LogP contribution in [-0.2, 0) is 8.61 Å². The summed E-state index contributed by atoms with van der Waals surface area (Å²) in [4.78, 5) is 0. The molecule has 0 radical (unpaired) electrons. The maximum Gasteiger partial charge on any atom is 0.202 e. The van der Waals surface area contributed by atoms with Crippen LogP contribution in [0.3, 0.4) is 0 Å². The van der Waals surface area contributed by atoms with Gasteiger partial charge in [0.2, 0.25) is 8.32 Å². The van der Waals surface area contributed by atoms with Crippen LogP contribution in [0.25, 0.3) is 0 Å². The molecule has 0 N–H and O–H groups in total. The Kier molecular flexibility index (Phi) is 5.80. The second kappa shape index (κ2) is 6.77. The van der Waals surface area contributed by atoms with Gasteiger partial charge in [-0.1, -0.05) is 27.2 Å². The Morgan fingerprint density at radius 1 is 1.14 bits per heavy atom. The van der Waals surface area contributed by atoms with Crippen LogP contribution < -0.4 is 0 Å². The summed E-state index contributed by atoms with van der Waals surface area (Å²) in [5.74, 6) is 2.14. The van der Waals surface area contributed by atoms with Gasteiger partial charge in [0.15, 0.2) is 0 Å². The molecule has 1 aliphatic carbocycles. The summed E-state index contributed by atoms with van der Waals surface area (Å²) < 4.78 is 12.4. The largest absolute Gasteiger partial charge is 0.377 e. The molecule has 0 amide bonds. The lowest BCUT2D eigenvalue weighted by Gasteiger charge is -2.41. The van der Waals surface area contributed by atoms with E-state index in [1.165, 1.54) is 43.9 Å². The molecule has 0 aromatic heterocycles. The second-order valence-corrected chi connectivity index (χ2v) is 17.7. The molecule has 0 aromatic rings. The predicted octanol–water partition coefficient (Wildman–Crippen LogP) is 5.58. The van der Waals surface area contributed by atoms with Crippen molar-refractivity contribution in [3.8, 4) is 0 Å². The molecular formula is C18H38O2SSi. The summed E-state index contributed by atoms with van der Waals surface area (Å²) in [6, 6.07) is 1.32. The van der Waals surface area contributed by atoms with E-state index in [0.717, 1.165) is 5.92 Å². The smallest absolute Gasteiger partial charge is 0.202 e. The summed E-state index contributed by atoms with van der Waals surface area (Å²) in [7, 11) is -2.42. The molecule has 132 valence electrons. The molecular weight excluding hydrogens is 308 g/mol. The Bertz CT molecular complexity index is 376. The zero-order valence-electron chi connectivity index (χ0n) is 15.9. The van der Waals surface area contributed by atoms with Crippen LogP contribution in [0.15, 0.2) is 0 Å². The van der Waals surface area contributed by atoms with Crippen molar-refractivity contribution in [1.29, 1.82) is 0 Å². The molecule has 2 nitrogen and oxygen atoms in total. The number of ether oxygens (including phenoxy) is 1. The van der Waals surface area contributed by atoms with Crippen molar-refractivity contribution in [2.75, 3.05) is 18.3 Å². The molecule has 0 aromatic carbocycles. The van der Waals surface area contributed by atoms with Gasteiger partial charge in [-0.2, -0.15) is 10.3 Å². The Morgan fingerprint density at radius 2 is 1.82 bits per heavy atom. The van der Waals surface area contributed by atoms with Crippen molar-refractivity contribution in [2.24, 2.45) is 11.3 Å². The summed E-state index contributed by atoms with van der Waals surface area (Å²) in [6.45, 7) is 11.9. The van der Waals surface area contributed by atoms with Crippen LogP contribution in [0, 0.1) is 11.3 Å². The van der Waals surface area contributed by atoms with Crippen LogP contribution in [0.5, 0.6) is 0 Å². The minimum atomic E-state index is -1.53. The maximum atomic E-state index is 6.74. The minimum absolute atomic E-state index is 0.419. The standard InChI is InChI=1S/C18H38O2SSi/c1-18(2,3)11-12-21(4,5)20-22(6,7)13-10-15-8-9-16-17(14-15)19-16/h15-17H,8-14H2,1-7H3. The maximum absolute atomic E-state index is 6.74. The first-order chi connectivity index (χ1) is 9.96. The van der Waals surface area contributed by atoms with Gasteiger partial charge in [0.05, 0.1) is 12.2 Å². The highest BCUT2D eigenvalue weighted by molar-refractivity contribution is 8.29. The topological polar surface area (TPSA) is 21.8 Å². The number of hydrogen-bond acceptors (Lipinski definition) is 2. The molecule has 2 rings (SSSR count). The van der Waals surface area contributed by atoms with Crippen LogP contribution in [0.4, 0.5) is 0 Å². The Labute approximate surface area is 141 Å². The van der Waals surface area contributed by atoms with E-state index in [1.807, 2.05) is 0 Å². The number of hydrogen-bond donors (Lipinski definition) is 0. The number of fused-ring (bicyclic) bond motifs is 1. The fourth-order valence-electron chi connectivity index (χ4n) is 3.55. The first kappa shape index (κ1) is 18.8. The monoisotopic (exact) mass is 346 g/mol. The van der Waals surface area contributed by atoms with Gasteiger partial charge in [0.25, 0.3) is 0 Å². The van der Waals surface area contributed by atoms with Gasteiger partial charge >= 0.3 is 0 Å². The third-order valence-corrected chi connectivity index (χ3v) is 11.4. The zero-order valence-corrected chi connectivity index (χ0v) is 17.7. The summed E-state index contributed by atoms with van der Waals surface area (Å²) in [6.07, 6.45) is 12.6. The van der Waals surface area contributed by atoms with Crippen LogP contribution >= 0.6 is 10.3 Å². The molecule has 3 atom stereocenters. The van der Waals surface area contributed by atoms with Crippen LogP contribution in [0.2, 0.25) is 19.1 Å². The fourth-order valence-corrected chi connectivity index (χ4v) is 11.3. The Hall–Kier alpha value is 0.487. The van der Waals surface area contributed by atoms with Gasteiger partial charge in [-0.25, -0.2) is 0 Å². The summed E-state index contributed by atoms with van der Waals surface area (Å²) in [5.41, 5.74) is 0.419. The molecule has 0 spiro atoms. The van der Waals surface area contributed by atoms with Gasteiger partial charge in [0, 0.05) is 0 Å². The third kappa shape index (κ3) is 6.54. The lowest BCUT2D eigenvalue weighted by atomic mass is 9.88. The quantitative estimate of drug-likeness (QED) is 0.443. The zero-order chi connectivity index (χ0) is 16.6. The lowest BCUT2D eigenvalue weighted by Crippen LogP contribution is -2.33. The molecule has 3 unspecified atom stereocenters. The SMILES string of the molecule is CC(C)(C)CCS(C)(C)O[Si](C)(C)CCC1CCC2OC2C1. The van der Waals surface area contributed by atoms with E-state index in [9.17, 15) is 0 Å². The van der Waals surface area contributed by atoms with Gasteiger partial charge in [-0.3, -0.25) is 0 Å². The molecule has 1 aliphatic heterocycles.